The second kappa shape index (κ2) is 2.22. The van der Waals surface area contributed by atoms with Crippen LogP contribution in [-0.4, -0.2) is 23.3 Å². The third-order valence-corrected chi connectivity index (χ3v) is 1.92. The Bertz CT molecular complexity index is 210. The first kappa shape index (κ1) is 10.8. The summed E-state index contributed by atoms with van der Waals surface area (Å²) in [6, 6.07) is 0. The van der Waals surface area contributed by atoms with E-state index in [1.165, 1.54) is 0 Å². The van der Waals surface area contributed by atoms with Gasteiger partial charge in [0.15, 0.2) is 0 Å². The summed E-state index contributed by atoms with van der Waals surface area (Å²) in [6.07, 6.45) is -11.4. The molecule has 0 radical (unpaired) electrons. The maximum absolute atomic E-state index is 12.4. The molecular formula is C4ClF7O. The molecule has 1 aliphatic rings. The average molecular weight is 232 g/mol. The van der Waals surface area contributed by atoms with Crippen LogP contribution in [0.3, 0.4) is 0 Å². The maximum atomic E-state index is 12.4. The normalized spacial score (nSPS) is 40.6. The van der Waals surface area contributed by atoms with Gasteiger partial charge < -0.3 is 0 Å². The Hall–Kier alpha value is -0.240. The van der Waals surface area contributed by atoms with Crippen molar-refractivity contribution in [1.29, 1.82) is 0 Å². The zero-order valence-corrected chi connectivity index (χ0v) is 6.19. The molecule has 1 heterocycles. The molecule has 0 saturated carbocycles. The number of epoxide rings is 1. The highest BCUT2D eigenvalue weighted by atomic mass is 35.5. The molecule has 0 aromatic carbocycles. The molecular weight excluding hydrogens is 232 g/mol. The van der Waals surface area contributed by atoms with Crippen LogP contribution in [-0.2, 0) is 4.74 Å². The van der Waals surface area contributed by atoms with Crippen molar-refractivity contribution < 1.29 is 35.5 Å². The minimum atomic E-state index is -5.80. The highest BCUT2D eigenvalue weighted by Crippen LogP contribution is 2.67. The molecule has 0 unspecified atom stereocenters. The van der Waals surface area contributed by atoms with Crippen molar-refractivity contribution >= 4 is 11.6 Å². The molecule has 0 bridgehead atoms. The Morgan fingerprint density at radius 3 is 1.38 bits per heavy atom. The minimum absolute atomic E-state index is 2.87. The fraction of sp³-hybridized carbons (Fsp3) is 1.00. The monoisotopic (exact) mass is 232 g/mol. The van der Waals surface area contributed by atoms with E-state index in [9.17, 15) is 30.7 Å². The van der Waals surface area contributed by atoms with E-state index in [1.54, 1.807) is 0 Å². The van der Waals surface area contributed by atoms with Crippen LogP contribution in [0.1, 0.15) is 0 Å². The summed E-state index contributed by atoms with van der Waals surface area (Å²) in [4.78, 5) is 0. The highest BCUT2D eigenvalue weighted by Gasteiger charge is 2.94. The van der Waals surface area contributed by atoms with Crippen molar-refractivity contribution in [2.75, 3.05) is 0 Å². The van der Waals surface area contributed by atoms with E-state index in [1.807, 2.05) is 0 Å². The Balaban J connectivity index is 2.95. The molecule has 0 aliphatic carbocycles. The largest absolute Gasteiger partial charge is 0.453 e. The molecule has 78 valence electrons. The number of hydrogen-bond donors (Lipinski definition) is 0. The van der Waals surface area contributed by atoms with E-state index in [2.05, 4.69) is 16.3 Å². The maximum Gasteiger partial charge on any atom is 0.453 e. The van der Waals surface area contributed by atoms with Crippen LogP contribution in [0.2, 0.25) is 0 Å². The number of rotatable bonds is 0. The fourth-order valence-corrected chi connectivity index (χ4v) is 0.862. The number of ether oxygens (including phenoxy) is 1. The van der Waals surface area contributed by atoms with Gasteiger partial charge in [0.25, 0.3) is 0 Å². The minimum Gasteiger partial charge on any atom is -0.298 e. The van der Waals surface area contributed by atoms with Crippen molar-refractivity contribution in [2.45, 2.75) is 23.3 Å². The van der Waals surface area contributed by atoms with Crippen molar-refractivity contribution in [1.82, 2.24) is 0 Å². The third kappa shape index (κ3) is 1.18. The summed E-state index contributed by atoms with van der Waals surface area (Å²) in [5.74, 6) is -4.83. The smallest absolute Gasteiger partial charge is 0.298 e. The summed E-state index contributed by atoms with van der Waals surface area (Å²) in [5.41, 5.74) is 0. The second-order valence-corrected chi connectivity index (χ2v) is 2.82. The molecule has 1 aliphatic heterocycles. The third-order valence-electron chi connectivity index (χ3n) is 1.38. The molecule has 0 aromatic heterocycles. The number of hydrogen-bond acceptors (Lipinski definition) is 1. The first-order valence-corrected chi connectivity index (χ1v) is 3.05. The van der Waals surface area contributed by atoms with Gasteiger partial charge in [0, 0.05) is 0 Å². The van der Waals surface area contributed by atoms with Crippen molar-refractivity contribution in [3.05, 3.63) is 0 Å². The SMILES string of the molecule is FC(F)(F)[C@]1(F)O[C@@]1(Cl)C(F)(F)F. The fourth-order valence-electron chi connectivity index (χ4n) is 0.649. The Morgan fingerprint density at radius 1 is 0.923 bits per heavy atom. The van der Waals surface area contributed by atoms with Gasteiger partial charge in [-0.3, -0.25) is 4.74 Å². The molecule has 0 amide bonds. The van der Waals surface area contributed by atoms with Crippen LogP contribution in [0.5, 0.6) is 0 Å². The lowest BCUT2D eigenvalue weighted by molar-refractivity contribution is -0.232. The second-order valence-electron chi connectivity index (χ2n) is 2.29. The Morgan fingerprint density at radius 2 is 1.31 bits per heavy atom. The number of alkyl halides is 8. The first-order valence-electron chi connectivity index (χ1n) is 2.67. The summed E-state index contributed by atoms with van der Waals surface area (Å²) < 4.78 is 84.9. The topological polar surface area (TPSA) is 12.5 Å². The van der Waals surface area contributed by atoms with Gasteiger partial charge in [0.05, 0.1) is 0 Å². The van der Waals surface area contributed by atoms with E-state index < -0.39 is 23.3 Å². The Labute approximate surface area is 71.4 Å². The quantitative estimate of drug-likeness (QED) is 0.355. The molecule has 1 nitrogen and oxygen atoms in total. The van der Waals surface area contributed by atoms with E-state index in [0.29, 0.717) is 0 Å². The van der Waals surface area contributed by atoms with E-state index in [-0.39, 0.29) is 0 Å². The summed E-state index contributed by atoms with van der Waals surface area (Å²) in [7, 11) is 0. The number of halogens is 8. The van der Waals surface area contributed by atoms with E-state index >= 15 is 0 Å². The van der Waals surface area contributed by atoms with Crippen LogP contribution in [0.4, 0.5) is 30.7 Å². The van der Waals surface area contributed by atoms with Crippen LogP contribution in [0.25, 0.3) is 0 Å². The molecule has 13 heavy (non-hydrogen) atoms. The van der Waals surface area contributed by atoms with Gasteiger partial charge in [-0.05, 0) is 0 Å². The van der Waals surface area contributed by atoms with Gasteiger partial charge in [0.2, 0.25) is 0 Å². The molecule has 2 atom stereocenters. The molecule has 1 saturated heterocycles. The lowest BCUT2D eigenvalue weighted by Crippen LogP contribution is -2.41. The van der Waals surface area contributed by atoms with Crippen molar-refractivity contribution in [3.63, 3.8) is 0 Å². The molecule has 1 rings (SSSR count). The molecule has 0 N–H and O–H groups in total. The summed E-state index contributed by atoms with van der Waals surface area (Å²) in [5, 5.41) is -4.29. The standard InChI is InChI=1S/C4ClF7O/c5-1(3(7,8)9)2(6,13-1)4(10,11)12/t1-,2-/m1/s1. The van der Waals surface area contributed by atoms with Crippen LogP contribution >= 0.6 is 11.6 Å². The zero-order valence-electron chi connectivity index (χ0n) is 5.43. The van der Waals surface area contributed by atoms with E-state index in [0.717, 1.165) is 0 Å². The van der Waals surface area contributed by atoms with E-state index in [4.69, 9.17) is 0 Å². The molecule has 0 spiro atoms. The first-order chi connectivity index (χ1) is 5.46. The van der Waals surface area contributed by atoms with Gasteiger partial charge in [-0.2, -0.15) is 30.7 Å². The zero-order chi connectivity index (χ0) is 10.7. The van der Waals surface area contributed by atoms with Gasteiger partial charge in [-0.25, -0.2) is 0 Å². The van der Waals surface area contributed by atoms with Gasteiger partial charge >= 0.3 is 23.3 Å². The Kier molecular flexibility index (Phi) is 1.85. The van der Waals surface area contributed by atoms with Crippen LogP contribution in [0, 0.1) is 0 Å². The lowest BCUT2D eigenvalue weighted by atomic mass is 10.2. The van der Waals surface area contributed by atoms with Crippen LogP contribution in [0.15, 0.2) is 0 Å². The average Bonchev–Trinajstić information content (AvgIpc) is 2.34. The molecule has 1 fully saturated rings. The summed E-state index contributed by atoms with van der Waals surface area (Å²) in [6.45, 7) is 0. The van der Waals surface area contributed by atoms with Crippen LogP contribution < -0.4 is 0 Å². The van der Waals surface area contributed by atoms with Crippen molar-refractivity contribution in [2.24, 2.45) is 0 Å². The van der Waals surface area contributed by atoms with Gasteiger partial charge in [-0.1, -0.05) is 11.6 Å². The van der Waals surface area contributed by atoms with Gasteiger partial charge in [-0.15, -0.1) is 0 Å². The van der Waals surface area contributed by atoms with Crippen molar-refractivity contribution in [3.8, 4) is 0 Å². The lowest BCUT2D eigenvalue weighted by Gasteiger charge is -2.13. The van der Waals surface area contributed by atoms with Gasteiger partial charge in [0.1, 0.15) is 0 Å². The highest BCUT2D eigenvalue weighted by molar-refractivity contribution is 6.26. The predicted octanol–water partition coefficient (Wildman–Crippen LogP) is 2.74. The predicted molar refractivity (Wildman–Crippen MR) is 25.6 cm³/mol. The summed E-state index contributed by atoms with van der Waals surface area (Å²) >= 11 is 4.27. The molecule has 9 heteroatoms. The molecule has 0 aromatic rings.